The van der Waals surface area contributed by atoms with Crippen molar-refractivity contribution in [3.8, 4) is 23.0 Å². The fourth-order valence-electron chi connectivity index (χ4n) is 2.51. The van der Waals surface area contributed by atoms with Crippen LogP contribution in [0.1, 0.15) is 17.2 Å². The zero-order valence-corrected chi connectivity index (χ0v) is 15.4. The van der Waals surface area contributed by atoms with Gasteiger partial charge in [-0.05, 0) is 41.5 Å². The largest absolute Gasteiger partial charge is 0.504 e. The number of methoxy groups -OCH3 is 2. The molecule has 0 saturated carbocycles. The normalized spacial score (nSPS) is 13.1. The molecule has 0 aliphatic carbocycles. The van der Waals surface area contributed by atoms with E-state index in [0.717, 1.165) is 6.08 Å². The highest BCUT2D eigenvalue weighted by Crippen LogP contribution is 2.34. The molecule has 0 aliphatic heterocycles. The molecule has 0 aromatic heterocycles. The van der Waals surface area contributed by atoms with Crippen molar-refractivity contribution in [1.82, 2.24) is 0 Å². The summed E-state index contributed by atoms with van der Waals surface area (Å²) in [7, 11) is 2.80. The Morgan fingerprint density at radius 1 is 1.07 bits per heavy atom. The lowest BCUT2D eigenvalue weighted by Gasteiger charge is -2.24. The monoisotopic (exact) mass is 390 g/mol. The molecule has 2 aromatic carbocycles. The van der Waals surface area contributed by atoms with E-state index in [9.17, 15) is 20.1 Å². The predicted molar refractivity (Wildman–Crippen MR) is 101 cm³/mol. The Morgan fingerprint density at radius 3 is 2.39 bits per heavy atom. The lowest BCUT2D eigenvalue weighted by Crippen LogP contribution is -2.29. The zero-order valence-electron chi connectivity index (χ0n) is 15.4. The molecular weight excluding hydrogens is 368 g/mol. The smallest absolute Gasteiger partial charge is 0.328 e. The van der Waals surface area contributed by atoms with Gasteiger partial charge in [-0.2, -0.15) is 0 Å². The van der Waals surface area contributed by atoms with Gasteiger partial charge in [0.2, 0.25) is 0 Å². The predicted octanol–water partition coefficient (Wildman–Crippen LogP) is 1.98. The molecule has 2 atom stereocenters. The Morgan fingerprint density at radius 2 is 1.79 bits per heavy atom. The molecule has 0 fully saturated rings. The maximum absolute atomic E-state index is 10.6. The number of benzene rings is 2. The van der Waals surface area contributed by atoms with Crippen molar-refractivity contribution in [2.75, 3.05) is 20.8 Å². The van der Waals surface area contributed by atoms with Gasteiger partial charge in [0.05, 0.1) is 20.8 Å². The number of ether oxygens (including phenoxy) is 3. The molecule has 0 radical (unpaired) electrons. The van der Waals surface area contributed by atoms with E-state index in [0.29, 0.717) is 16.9 Å². The van der Waals surface area contributed by atoms with Crippen LogP contribution in [0, 0.1) is 0 Å². The Hall–Kier alpha value is -3.23. The molecule has 2 aromatic rings. The van der Waals surface area contributed by atoms with Crippen LogP contribution in [0.4, 0.5) is 0 Å². The van der Waals surface area contributed by atoms with E-state index in [4.69, 9.17) is 19.3 Å². The van der Waals surface area contributed by atoms with E-state index >= 15 is 0 Å². The number of aliphatic carboxylic acids is 1. The van der Waals surface area contributed by atoms with E-state index in [2.05, 4.69) is 0 Å². The Labute approximate surface area is 161 Å². The molecular formula is C20H22O8. The number of carboxylic acids is 1. The average molecular weight is 390 g/mol. The number of carbonyl (C=O) groups is 1. The van der Waals surface area contributed by atoms with Crippen LogP contribution in [-0.4, -0.2) is 53.3 Å². The van der Waals surface area contributed by atoms with E-state index in [1.165, 1.54) is 38.5 Å². The summed E-state index contributed by atoms with van der Waals surface area (Å²) in [5.41, 5.74) is 0.963. The second-order valence-electron chi connectivity index (χ2n) is 5.80. The van der Waals surface area contributed by atoms with Gasteiger partial charge in [0, 0.05) is 6.08 Å². The van der Waals surface area contributed by atoms with Gasteiger partial charge in [0.25, 0.3) is 0 Å². The molecule has 8 nitrogen and oxygen atoms in total. The Bertz CT molecular complexity index is 846. The summed E-state index contributed by atoms with van der Waals surface area (Å²) in [6.45, 7) is -0.492. The van der Waals surface area contributed by atoms with Crippen LogP contribution in [0.25, 0.3) is 6.08 Å². The summed E-state index contributed by atoms with van der Waals surface area (Å²) in [6, 6.07) is 9.04. The van der Waals surface area contributed by atoms with Crippen LogP contribution in [-0.2, 0) is 4.79 Å². The molecule has 0 bridgehead atoms. The third kappa shape index (κ3) is 5.15. The minimum atomic E-state index is -1.21. The van der Waals surface area contributed by atoms with Crippen molar-refractivity contribution >= 4 is 12.0 Å². The van der Waals surface area contributed by atoms with Crippen LogP contribution in [0.5, 0.6) is 23.0 Å². The van der Waals surface area contributed by atoms with Crippen LogP contribution < -0.4 is 14.2 Å². The number of hydrogen-bond acceptors (Lipinski definition) is 7. The van der Waals surface area contributed by atoms with Crippen molar-refractivity contribution in [2.45, 2.75) is 12.2 Å². The minimum Gasteiger partial charge on any atom is -0.504 e. The van der Waals surface area contributed by atoms with E-state index < -0.39 is 24.8 Å². The van der Waals surface area contributed by atoms with Crippen LogP contribution in [0.3, 0.4) is 0 Å². The summed E-state index contributed by atoms with van der Waals surface area (Å²) in [5.74, 6) is -0.403. The molecule has 0 amide bonds. The summed E-state index contributed by atoms with van der Waals surface area (Å²) < 4.78 is 16.0. The van der Waals surface area contributed by atoms with E-state index in [-0.39, 0.29) is 17.2 Å². The second kappa shape index (κ2) is 9.63. The van der Waals surface area contributed by atoms with Gasteiger partial charge in [-0.1, -0.05) is 12.1 Å². The van der Waals surface area contributed by atoms with Crippen LogP contribution >= 0.6 is 0 Å². The number of phenolic OH excluding ortho intramolecular Hbond substituents is 1. The Kier molecular flexibility index (Phi) is 7.25. The highest BCUT2D eigenvalue weighted by Gasteiger charge is 2.24. The molecule has 150 valence electrons. The maximum Gasteiger partial charge on any atom is 0.328 e. The summed E-state index contributed by atoms with van der Waals surface area (Å²) >= 11 is 0. The lowest BCUT2D eigenvalue weighted by atomic mass is 10.0. The van der Waals surface area contributed by atoms with Gasteiger partial charge >= 0.3 is 5.97 Å². The number of phenols is 1. The average Bonchev–Trinajstić information content (AvgIpc) is 2.70. The maximum atomic E-state index is 10.6. The molecule has 0 heterocycles. The number of aliphatic hydroxyl groups is 2. The molecule has 28 heavy (non-hydrogen) atoms. The molecule has 8 heteroatoms. The van der Waals surface area contributed by atoms with Gasteiger partial charge in [-0.3, -0.25) is 0 Å². The van der Waals surface area contributed by atoms with Crippen molar-refractivity contribution in [2.24, 2.45) is 0 Å². The molecule has 4 N–H and O–H groups in total. The number of carboxylic acid groups (broad SMARTS) is 1. The van der Waals surface area contributed by atoms with Crippen molar-refractivity contribution in [3.63, 3.8) is 0 Å². The second-order valence-corrected chi connectivity index (χ2v) is 5.80. The van der Waals surface area contributed by atoms with Gasteiger partial charge < -0.3 is 34.6 Å². The summed E-state index contributed by atoms with van der Waals surface area (Å²) in [6.07, 6.45) is 0.156. The van der Waals surface area contributed by atoms with E-state index in [1.807, 2.05) is 0 Å². The zero-order chi connectivity index (χ0) is 20.7. The standard InChI is InChI=1S/C20H22O8/c1-26-16-10-13(5-6-14(16)22)20(25)18(11-21)28-15-7-3-12(4-8-19(23)24)9-17(15)27-2/h3-10,18,20-22,25H,11H2,1-2H3,(H,23,24)/b8-4+. The van der Waals surface area contributed by atoms with Crippen LogP contribution in [0.15, 0.2) is 42.5 Å². The Balaban J connectivity index is 2.25. The SMILES string of the molecule is COc1cc(C(O)C(CO)Oc2ccc(/C=C/C(=O)O)cc2OC)ccc1O. The fourth-order valence-corrected chi connectivity index (χ4v) is 2.51. The third-order valence-corrected chi connectivity index (χ3v) is 3.96. The van der Waals surface area contributed by atoms with E-state index in [1.54, 1.807) is 18.2 Å². The molecule has 0 saturated heterocycles. The topological polar surface area (TPSA) is 126 Å². The quantitative estimate of drug-likeness (QED) is 0.479. The van der Waals surface area contributed by atoms with Crippen molar-refractivity contribution in [3.05, 3.63) is 53.6 Å². The lowest BCUT2D eigenvalue weighted by molar-refractivity contribution is -0.131. The number of rotatable bonds is 9. The molecule has 0 spiro atoms. The summed E-state index contributed by atoms with van der Waals surface area (Å²) in [5, 5.41) is 38.6. The highest BCUT2D eigenvalue weighted by molar-refractivity contribution is 5.85. The highest BCUT2D eigenvalue weighted by atomic mass is 16.5. The van der Waals surface area contributed by atoms with Crippen molar-refractivity contribution in [1.29, 1.82) is 0 Å². The molecule has 2 rings (SSSR count). The number of aliphatic hydroxyl groups excluding tert-OH is 2. The van der Waals surface area contributed by atoms with Crippen LogP contribution in [0.2, 0.25) is 0 Å². The number of aromatic hydroxyl groups is 1. The van der Waals surface area contributed by atoms with Gasteiger partial charge in [-0.25, -0.2) is 4.79 Å². The summed E-state index contributed by atoms with van der Waals surface area (Å²) in [4.78, 5) is 10.6. The third-order valence-electron chi connectivity index (χ3n) is 3.96. The first-order valence-corrected chi connectivity index (χ1v) is 8.31. The first-order chi connectivity index (χ1) is 13.4. The fraction of sp³-hybridized carbons (Fsp3) is 0.250. The van der Waals surface area contributed by atoms with Gasteiger partial charge in [0.15, 0.2) is 29.1 Å². The number of hydrogen-bond donors (Lipinski definition) is 4. The first-order valence-electron chi connectivity index (χ1n) is 8.31. The minimum absolute atomic E-state index is 0.0772. The van der Waals surface area contributed by atoms with Crippen molar-refractivity contribution < 1.29 is 39.4 Å². The van der Waals surface area contributed by atoms with Gasteiger partial charge in [0.1, 0.15) is 6.10 Å². The first kappa shape index (κ1) is 21.1. The molecule has 0 aliphatic rings. The van der Waals surface area contributed by atoms with Gasteiger partial charge in [-0.15, -0.1) is 0 Å². The molecule has 2 unspecified atom stereocenters.